The summed E-state index contributed by atoms with van der Waals surface area (Å²) in [6, 6.07) is 14.1. The lowest BCUT2D eigenvalue weighted by Crippen LogP contribution is -2.50. The van der Waals surface area contributed by atoms with E-state index in [9.17, 15) is 9.90 Å². The number of carbonyl (C=O) groups excluding carboxylic acids is 1. The van der Waals surface area contributed by atoms with Crippen LogP contribution in [0.2, 0.25) is 5.02 Å². The van der Waals surface area contributed by atoms with E-state index >= 15 is 0 Å². The van der Waals surface area contributed by atoms with Gasteiger partial charge in [0.25, 0.3) is 0 Å². The highest BCUT2D eigenvalue weighted by atomic mass is 35.5. The number of benzene rings is 2. The summed E-state index contributed by atoms with van der Waals surface area (Å²) < 4.78 is 5.92. The number of rotatable bonds is 1. The maximum absolute atomic E-state index is 12.4. The van der Waals surface area contributed by atoms with Gasteiger partial charge in [-0.15, -0.1) is 0 Å². The van der Waals surface area contributed by atoms with Crippen LogP contribution in [-0.2, 0) is 5.60 Å². The van der Waals surface area contributed by atoms with Gasteiger partial charge in [-0.2, -0.15) is 0 Å². The molecule has 3 nitrogen and oxygen atoms in total. The Balaban J connectivity index is 2.17. The van der Waals surface area contributed by atoms with Crippen LogP contribution in [-0.4, -0.2) is 17.0 Å². The zero-order valence-corrected chi connectivity index (χ0v) is 11.6. The minimum Gasteiger partial charge on any atom is -0.477 e. The molecule has 0 unspecified atom stereocenters. The molecule has 2 aromatic rings. The fourth-order valence-electron chi connectivity index (χ4n) is 2.46. The molecule has 0 aromatic heterocycles. The van der Waals surface area contributed by atoms with Crippen LogP contribution >= 0.6 is 11.6 Å². The lowest BCUT2D eigenvalue weighted by Gasteiger charge is -2.39. The molecular formula is C16H13ClO3. The van der Waals surface area contributed by atoms with E-state index in [1.54, 1.807) is 25.1 Å². The largest absolute Gasteiger partial charge is 0.477 e. The van der Waals surface area contributed by atoms with Crippen molar-refractivity contribution in [2.75, 3.05) is 0 Å². The molecular weight excluding hydrogens is 276 g/mol. The predicted molar refractivity (Wildman–Crippen MR) is 76.2 cm³/mol. The van der Waals surface area contributed by atoms with Gasteiger partial charge in [-0.25, -0.2) is 0 Å². The summed E-state index contributed by atoms with van der Waals surface area (Å²) in [7, 11) is 0. The number of carbonyl (C=O) groups is 1. The summed E-state index contributed by atoms with van der Waals surface area (Å²) in [5, 5.41) is 10.7. The minimum absolute atomic E-state index is 0.318. The highest BCUT2D eigenvalue weighted by molar-refractivity contribution is 6.33. The van der Waals surface area contributed by atoms with Gasteiger partial charge in [-0.1, -0.05) is 48.0 Å². The van der Waals surface area contributed by atoms with Crippen molar-refractivity contribution in [3.8, 4) is 5.75 Å². The van der Waals surface area contributed by atoms with Crippen LogP contribution in [0.25, 0.3) is 0 Å². The number of hydrogen-bond acceptors (Lipinski definition) is 3. The molecule has 0 fully saturated rings. The molecule has 2 atom stereocenters. The van der Waals surface area contributed by atoms with E-state index in [0.717, 1.165) is 5.56 Å². The molecule has 3 rings (SSSR count). The van der Waals surface area contributed by atoms with Crippen LogP contribution < -0.4 is 4.74 Å². The van der Waals surface area contributed by atoms with E-state index < -0.39 is 11.7 Å². The van der Waals surface area contributed by atoms with Crippen molar-refractivity contribution in [1.29, 1.82) is 0 Å². The smallest absolute Gasteiger partial charge is 0.199 e. The second-order valence-electron chi connectivity index (χ2n) is 4.96. The van der Waals surface area contributed by atoms with Gasteiger partial charge in [0, 0.05) is 0 Å². The monoisotopic (exact) mass is 288 g/mol. The number of aliphatic hydroxyl groups excluding tert-OH is 1. The average molecular weight is 289 g/mol. The zero-order chi connectivity index (χ0) is 14.3. The Labute approximate surface area is 121 Å². The standard InChI is InChI=1S/C16H13ClO3/c1-16(10-6-3-2-4-7-10)15(19)13(18)11-8-5-9-12(17)14(11)20-16/h2-9,15,19H,1H3/t15-,16+/m1/s1. The third kappa shape index (κ3) is 1.82. The summed E-state index contributed by atoms with van der Waals surface area (Å²) in [6.07, 6.45) is -1.27. The Kier molecular flexibility index (Phi) is 3.04. The molecule has 0 radical (unpaired) electrons. The van der Waals surface area contributed by atoms with Crippen LogP contribution in [0.5, 0.6) is 5.75 Å². The molecule has 2 aromatic carbocycles. The zero-order valence-electron chi connectivity index (χ0n) is 10.8. The Morgan fingerprint density at radius 3 is 2.55 bits per heavy atom. The van der Waals surface area contributed by atoms with E-state index in [4.69, 9.17) is 16.3 Å². The average Bonchev–Trinajstić information content (AvgIpc) is 2.47. The first kappa shape index (κ1) is 13.2. The van der Waals surface area contributed by atoms with Crippen LogP contribution in [0, 0.1) is 0 Å². The van der Waals surface area contributed by atoms with E-state index in [0.29, 0.717) is 16.3 Å². The normalized spacial score (nSPS) is 24.9. The van der Waals surface area contributed by atoms with Gasteiger partial charge in [-0.05, 0) is 24.6 Å². The topological polar surface area (TPSA) is 46.5 Å². The molecule has 4 heteroatoms. The molecule has 0 spiro atoms. The fourth-order valence-corrected chi connectivity index (χ4v) is 2.67. The molecule has 0 saturated heterocycles. The maximum atomic E-state index is 12.4. The predicted octanol–water partition coefficient (Wildman–Crippen LogP) is 3.19. The summed E-state index contributed by atoms with van der Waals surface area (Å²) in [4.78, 5) is 12.4. The lowest BCUT2D eigenvalue weighted by molar-refractivity contribution is -0.0403. The Bertz CT molecular complexity index is 669. The molecule has 0 aliphatic carbocycles. The Hall–Kier alpha value is -1.84. The van der Waals surface area contributed by atoms with Crippen LogP contribution in [0.3, 0.4) is 0 Å². The molecule has 20 heavy (non-hydrogen) atoms. The molecule has 0 saturated carbocycles. The fraction of sp³-hybridized carbons (Fsp3) is 0.188. The maximum Gasteiger partial charge on any atom is 0.199 e. The molecule has 1 N–H and O–H groups in total. The van der Waals surface area contributed by atoms with Gasteiger partial charge in [0.15, 0.2) is 17.5 Å². The quantitative estimate of drug-likeness (QED) is 0.876. The van der Waals surface area contributed by atoms with Gasteiger partial charge in [0.2, 0.25) is 0 Å². The molecule has 102 valence electrons. The van der Waals surface area contributed by atoms with Crippen LogP contribution in [0.1, 0.15) is 22.8 Å². The van der Waals surface area contributed by atoms with Crippen molar-refractivity contribution >= 4 is 17.4 Å². The van der Waals surface area contributed by atoms with Crippen LogP contribution in [0.4, 0.5) is 0 Å². The van der Waals surface area contributed by atoms with Gasteiger partial charge in [0.05, 0.1) is 10.6 Å². The van der Waals surface area contributed by atoms with E-state index in [2.05, 4.69) is 0 Å². The highest BCUT2D eigenvalue weighted by Gasteiger charge is 2.47. The van der Waals surface area contributed by atoms with Gasteiger partial charge in [-0.3, -0.25) is 4.79 Å². The molecule has 1 aliphatic heterocycles. The highest BCUT2D eigenvalue weighted by Crippen LogP contribution is 2.42. The number of ether oxygens (including phenoxy) is 1. The van der Waals surface area contributed by atoms with E-state index in [1.165, 1.54) is 0 Å². The van der Waals surface area contributed by atoms with E-state index in [1.807, 2.05) is 30.3 Å². The first-order valence-corrected chi connectivity index (χ1v) is 6.67. The lowest BCUT2D eigenvalue weighted by atomic mass is 9.83. The minimum atomic E-state index is -1.27. The van der Waals surface area contributed by atoms with Crippen molar-refractivity contribution < 1.29 is 14.6 Å². The second-order valence-corrected chi connectivity index (χ2v) is 5.37. The SMILES string of the molecule is C[C@@]1(c2ccccc2)Oc2c(Cl)cccc2C(=O)[C@H]1O. The summed E-state index contributed by atoms with van der Waals surface area (Å²) in [6.45, 7) is 1.69. The third-order valence-corrected chi connectivity index (χ3v) is 3.96. The third-order valence-electron chi connectivity index (χ3n) is 3.66. The summed E-state index contributed by atoms with van der Waals surface area (Å²) in [5.74, 6) is -0.0454. The molecule has 1 heterocycles. The van der Waals surface area contributed by atoms with Crippen molar-refractivity contribution in [3.05, 3.63) is 64.7 Å². The van der Waals surface area contributed by atoms with Gasteiger partial charge >= 0.3 is 0 Å². The number of para-hydroxylation sites is 1. The summed E-state index contributed by atoms with van der Waals surface area (Å²) >= 11 is 6.11. The number of aliphatic hydroxyl groups is 1. The number of hydrogen-bond donors (Lipinski definition) is 1. The van der Waals surface area contributed by atoms with Crippen molar-refractivity contribution in [2.24, 2.45) is 0 Å². The summed E-state index contributed by atoms with van der Waals surface area (Å²) in [5.41, 5.74) is -0.0964. The van der Waals surface area contributed by atoms with Gasteiger partial charge in [0.1, 0.15) is 5.75 Å². The number of fused-ring (bicyclic) bond motifs is 1. The first-order chi connectivity index (χ1) is 9.54. The van der Waals surface area contributed by atoms with Gasteiger partial charge < -0.3 is 9.84 Å². The number of ketones is 1. The molecule has 0 bridgehead atoms. The molecule has 0 amide bonds. The number of Topliss-reactive ketones (excluding diaryl/α,β-unsaturated/α-hetero) is 1. The molecule has 1 aliphatic rings. The number of halogens is 1. The van der Waals surface area contributed by atoms with Crippen molar-refractivity contribution in [2.45, 2.75) is 18.6 Å². The van der Waals surface area contributed by atoms with Crippen LogP contribution in [0.15, 0.2) is 48.5 Å². The first-order valence-electron chi connectivity index (χ1n) is 6.29. The van der Waals surface area contributed by atoms with Crippen molar-refractivity contribution in [3.63, 3.8) is 0 Å². The van der Waals surface area contributed by atoms with E-state index in [-0.39, 0.29) is 5.78 Å². The Morgan fingerprint density at radius 1 is 1.15 bits per heavy atom. The Morgan fingerprint density at radius 2 is 1.85 bits per heavy atom. The van der Waals surface area contributed by atoms with Crippen molar-refractivity contribution in [1.82, 2.24) is 0 Å². The second kappa shape index (κ2) is 4.62.